The maximum atomic E-state index is 7.10. The third-order valence-electron chi connectivity index (χ3n) is 1.55. The van der Waals surface area contributed by atoms with E-state index >= 15 is 0 Å². The highest BCUT2D eigenvalue weighted by Crippen LogP contribution is 2.14. The molecule has 0 fully saturated rings. The lowest BCUT2D eigenvalue weighted by Gasteiger charge is -2.00. The van der Waals surface area contributed by atoms with Gasteiger partial charge in [-0.3, -0.25) is 5.41 Å². The highest BCUT2D eigenvalue weighted by atomic mass is 32.2. The van der Waals surface area contributed by atoms with E-state index in [1.807, 2.05) is 30.5 Å². The average Bonchev–Trinajstić information content (AvgIpc) is 2.05. The molecule has 1 rings (SSSR count). The standard InChI is InChI=1S/C9H12N2S/c1-12-8-4-2-7(3-5-8)6-9(10)11/h2-5H,6H2,1H3,(H3,10,11). The zero-order valence-electron chi connectivity index (χ0n) is 7.00. The van der Waals surface area contributed by atoms with E-state index in [1.54, 1.807) is 11.8 Å². The van der Waals surface area contributed by atoms with Gasteiger partial charge in [-0.25, -0.2) is 0 Å². The molecule has 0 aromatic heterocycles. The molecule has 3 N–H and O–H groups in total. The van der Waals surface area contributed by atoms with E-state index < -0.39 is 0 Å². The smallest absolute Gasteiger partial charge is 0.0950 e. The number of nitrogens with two attached hydrogens (primary N) is 1. The van der Waals surface area contributed by atoms with Gasteiger partial charge in [0.2, 0.25) is 0 Å². The molecule has 0 atom stereocenters. The first-order valence-electron chi connectivity index (χ1n) is 3.68. The Kier molecular flexibility index (Phi) is 3.17. The van der Waals surface area contributed by atoms with Gasteiger partial charge in [0.1, 0.15) is 0 Å². The van der Waals surface area contributed by atoms with Gasteiger partial charge in [0, 0.05) is 11.3 Å². The second-order valence-corrected chi connectivity index (χ2v) is 3.43. The van der Waals surface area contributed by atoms with E-state index in [4.69, 9.17) is 11.1 Å². The van der Waals surface area contributed by atoms with E-state index in [9.17, 15) is 0 Å². The fraction of sp³-hybridized carbons (Fsp3) is 0.222. The van der Waals surface area contributed by atoms with Crippen molar-refractivity contribution in [1.82, 2.24) is 0 Å². The molecular weight excluding hydrogens is 168 g/mol. The van der Waals surface area contributed by atoms with E-state index in [0.29, 0.717) is 6.42 Å². The van der Waals surface area contributed by atoms with E-state index in [1.165, 1.54) is 4.90 Å². The van der Waals surface area contributed by atoms with Crippen LogP contribution < -0.4 is 5.73 Å². The average molecular weight is 180 g/mol. The SMILES string of the molecule is CSc1ccc(CC(=N)N)cc1. The summed E-state index contributed by atoms with van der Waals surface area (Å²) in [6, 6.07) is 8.10. The molecule has 0 aliphatic rings. The Morgan fingerprint density at radius 2 is 2.00 bits per heavy atom. The third-order valence-corrected chi connectivity index (χ3v) is 2.30. The number of nitrogens with one attached hydrogen (secondary N) is 1. The first-order chi connectivity index (χ1) is 5.72. The summed E-state index contributed by atoms with van der Waals surface area (Å²) in [4.78, 5) is 1.24. The topological polar surface area (TPSA) is 49.9 Å². The van der Waals surface area contributed by atoms with E-state index in [-0.39, 0.29) is 5.84 Å². The largest absolute Gasteiger partial charge is 0.387 e. The fourth-order valence-electron chi connectivity index (χ4n) is 0.963. The van der Waals surface area contributed by atoms with Crippen LogP contribution in [0.1, 0.15) is 5.56 Å². The van der Waals surface area contributed by atoms with Crippen molar-refractivity contribution in [2.75, 3.05) is 6.26 Å². The minimum atomic E-state index is 0.215. The van der Waals surface area contributed by atoms with Gasteiger partial charge in [0.05, 0.1) is 5.84 Å². The van der Waals surface area contributed by atoms with Gasteiger partial charge in [-0.1, -0.05) is 12.1 Å². The Bertz CT molecular complexity index is 266. The molecule has 0 heterocycles. The van der Waals surface area contributed by atoms with Crippen LogP contribution in [0.2, 0.25) is 0 Å². The molecule has 0 saturated heterocycles. The molecule has 0 aliphatic heterocycles. The zero-order chi connectivity index (χ0) is 8.97. The molecule has 0 amide bonds. The third kappa shape index (κ3) is 2.58. The van der Waals surface area contributed by atoms with Gasteiger partial charge in [-0.05, 0) is 24.0 Å². The Balaban J connectivity index is 2.71. The second-order valence-electron chi connectivity index (χ2n) is 2.55. The van der Waals surface area contributed by atoms with Gasteiger partial charge >= 0.3 is 0 Å². The number of thioether (sulfide) groups is 1. The van der Waals surface area contributed by atoms with Crippen molar-refractivity contribution < 1.29 is 0 Å². The Morgan fingerprint density at radius 3 is 2.42 bits per heavy atom. The molecule has 0 saturated carbocycles. The van der Waals surface area contributed by atoms with Crippen molar-refractivity contribution >= 4 is 17.6 Å². The molecular formula is C9H12N2S. The maximum Gasteiger partial charge on any atom is 0.0950 e. The zero-order valence-corrected chi connectivity index (χ0v) is 7.82. The first-order valence-corrected chi connectivity index (χ1v) is 4.90. The van der Waals surface area contributed by atoms with Crippen LogP contribution >= 0.6 is 11.8 Å². The quantitative estimate of drug-likeness (QED) is 0.424. The van der Waals surface area contributed by atoms with Crippen LogP contribution in [0.5, 0.6) is 0 Å². The Labute approximate surface area is 76.7 Å². The Hall–Kier alpha value is -0.960. The summed E-state index contributed by atoms with van der Waals surface area (Å²) < 4.78 is 0. The molecule has 0 bridgehead atoms. The lowest BCUT2D eigenvalue weighted by molar-refractivity contribution is 1.23. The van der Waals surface area contributed by atoms with Crippen LogP contribution in [-0.2, 0) is 6.42 Å². The molecule has 0 spiro atoms. The minimum Gasteiger partial charge on any atom is -0.387 e. The highest BCUT2D eigenvalue weighted by Gasteiger charge is 1.94. The highest BCUT2D eigenvalue weighted by molar-refractivity contribution is 7.98. The minimum absolute atomic E-state index is 0.215. The molecule has 1 aromatic carbocycles. The number of hydrogen-bond acceptors (Lipinski definition) is 2. The predicted octanol–water partition coefficient (Wildman–Crippen LogP) is 1.89. The van der Waals surface area contributed by atoms with Crippen molar-refractivity contribution in [3.8, 4) is 0 Å². The lowest BCUT2D eigenvalue weighted by atomic mass is 10.1. The van der Waals surface area contributed by atoms with Crippen LogP contribution in [0.3, 0.4) is 0 Å². The fourth-order valence-corrected chi connectivity index (χ4v) is 1.37. The van der Waals surface area contributed by atoms with Gasteiger partial charge in [0.15, 0.2) is 0 Å². The molecule has 3 heteroatoms. The summed E-state index contributed by atoms with van der Waals surface area (Å²) in [5, 5.41) is 7.10. The summed E-state index contributed by atoms with van der Waals surface area (Å²) >= 11 is 1.71. The number of benzene rings is 1. The molecule has 12 heavy (non-hydrogen) atoms. The molecule has 64 valence electrons. The Morgan fingerprint density at radius 1 is 1.42 bits per heavy atom. The molecule has 0 radical (unpaired) electrons. The molecule has 1 aromatic rings. The van der Waals surface area contributed by atoms with E-state index in [2.05, 4.69) is 0 Å². The van der Waals surface area contributed by atoms with Gasteiger partial charge in [-0.15, -0.1) is 11.8 Å². The second kappa shape index (κ2) is 4.16. The lowest BCUT2D eigenvalue weighted by Crippen LogP contribution is -2.12. The van der Waals surface area contributed by atoms with Gasteiger partial charge in [-0.2, -0.15) is 0 Å². The maximum absolute atomic E-state index is 7.10. The predicted molar refractivity (Wildman–Crippen MR) is 53.8 cm³/mol. The van der Waals surface area contributed by atoms with E-state index in [0.717, 1.165) is 5.56 Å². The van der Waals surface area contributed by atoms with Gasteiger partial charge in [0.25, 0.3) is 0 Å². The summed E-state index contributed by atoms with van der Waals surface area (Å²) in [7, 11) is 0. The van der Waals surface area contributed by atoms with Crippen LogP contribution in [0, 0.1) is 5.41 Å². The summed E-state index contributed by atoms with van der Waals surface area (Å²) in [6.07, 6.45) is 2.59. The van der Waals surface area contributed by atoms with Crippen molar-refractivity contribution in [3.05, 3.63) is 29.8 Å². The van der Waals surface area contributed by atoms with Crippen LogP contribution in [0.25, 0.3) is 0 Å². The van der Waals surface area contributed by atoms with Crippen molar-refractivity contribution in [3.63, 3.8) is 0 Å². The molecule has 0 unspecified atom stereocenters. The molecule has 0 aliphatic carbocycles. The summed E-state index contributed by atoms with van der Waals surface area (Å²) in [5.41, 5.74) is 6.37. The summed E-state index contributed by atoms with van der Waals surface area (Å²) in [5.74, 6) is 0.215. The van der Waals surface area contributed by atoms with Crippen LogP contribution in [0.4, 0.5) is 0 Å². The first kappa shape index (κ1) is 9.13. The molecule has 2 nitrogen and oxygen atoms in total. The number of amidine groups is 1. The normalized spacial score (nSPS) is 9.75. The van der Waals surface area contributed by atoms with Crippen LogP contribution in [-0.4, -0.2) is 12.1 Å². The van der Waals surface area contributed by atoms with Gasteiger partial charge < -0.3 is 5.73 Å². The van der Waals surface area contributed by atoms with Crippen molar-refractivity contribution in [2.45, 2.75) is 11.3 Å². The van der Waals surface area contributed by atoms with Crippen molar-refractivity contribution in [2.24, 2.45) is 5.73 Å². The summed E-state index contributed by atoms with van der Waals surface area (Å²) in [6.45, 7) is 0. The number of rotatable bonds is 3. The monoisotopic (exact) mass is 180 g/mol. The van der Waals surface area contributed by atoms with Crippen LogP contribution in [0.15, 0.2) is 29.2 Å². The van der Waals surface area contributed by atoms with Crippen molar-refractivity contribution in [1.29, 1.82) is 5.41 Å². The number of hydrogen-bond donors (Lipinski definition) is 2.